The maximum atomic E-state index is 13.8. The van der Waals surface area contributed by atoms with Gasteiger partial charge in [0.15, 0.2) is 0 Å². The van der Waals surface area contributed by atoms with Gasteiger partial charge in [0.1, 0.15) is 12.6 Å². The van der Waals surface area contributed by atoms with Crippen molar-refractivity contribution >= 4 is 39.5 Å². The lowest BCUT2D eigenvalue weighted by Crippen LogP contribution is -2.53. The van der Waals surface area contributed by atoms with Crippen molar-refractivity contribution in [1.29, 1.82) is 0 Å². The van der Waals surface area contributed by atoms with Crippen LogP contribution in [0.4, 0.5) is 0 Å². The number of aromatic nitrogens is 1. The molecule has 1 aliphatic heterocycles. The highest BCUT2D eigenvalue weighted by molar-refractivity contribution is 5.90. The minimum Gasteiger partial charge on any atom is -0.464 e. The summed E-state index contributed by atoms with van der Waals surface area (Å²) in [4.78, 5) is 41.9. The highest BCUT2D eigenvalue weighted by Crippen LogP contribution is 2.20. The number of para-hydroxylation sites is 1. The Morgan fingerprint density at radius 1 is 0.925 bits per heavy atom. The normalized spacial score (nSPS) is 15.4. The van der Waals surface area contributed by atoms with E-state index >= 15 is 0 Å². The van der Waals surface area contributed by atoms with E-state index in [2.05, 4.69) is 27.0 Å². The van der Waals surface area contributed by atoms with Gasteiger partial charge in [-0.2, -0.15) is 0 Å². The topological polar surface area (TPSA) is 112 Å². The monoisotopic (exact) mass is 540 g/mol. The number of fused-ring (bicyclic) bond motifs is 2. The number of carbonyl (C=O) groups is 3. The van der Waals surface area contributed by atoms with E-state index in [0.717, 1.165) is 58.7 Å². The molecule has 0 saturated carbocycles. The van der Waals surface area contributed by atoms with Crippen LogP contribution in [0, 0.1) is 5.92 Å². The molecule has 0 spiro atoms. The predicted molar refractivity (Wildman–Crippen MR) is 156 cm³/mol. The van der Waals surface area contributed by atoms with Crippen LogP contribution in [-0.2, 0) is 32.0 Å². The molecule has 1 aliphatic rings. The Labute approximate surface area is 233 Å². The van der Waals surface area contributed by atoms with Gasteiger partial charge in [0.2, 0.25) is 11.8 Å². The molecule has 0 radical (unpaired) electrons. The maximum absolute atomic E-state index is 13.8. The molecule has 2 amide bonds. The summed E-state index contributed by atoms with van der Waals surface area (Å²) in [6.45, 7) is 2.96. The van der Waals surface area contributed by atoms with Crippen LogP contribution in [0.15, 0.2) is 72.9 Å². The van der Waals surface area contributed by atoms with Crippen molar-refractivity contribution < 1.29 is 19.1 Å². The van der Waals surface area contributed by atoms with Gasteiger partial charge in [-0.05, 0) is 60.3 Å². The number of esters is 1. The molecule has 1 aromatic heterocycles. The maximum Gasteiger partial charge on any atom is 0.302 e. The van der Waals surface area contributed by atoms with E-state index in [1.165, 1.54) is 6.92 Å². The van der Waals surface area contributed by atoms with Gasteiger partial charge in [0.05, 0.1) is 6.04 Å². The number of benzene rings is 3. The van der Waals surface area contributed by atoms with Crippen molar-refractivity contribution in [3.63, 3.8) is 0 Å². The van der Waals surface area contributed by atoms with Crippen LogP contribution >= 0.6 is 0 Å². The van der Waals surface area contributed by atoms with Crippen molar-refractivity contribution in [2.45, 2.75) is 44.7 Å². The Morgan fingerprint density at radius 3 is 2.48 bits per heavy atom. The van der Waals surface area contributed by atoms with Gasteiger partial charge < -0.3 is 25.7 Å². The lowest BCUT2D eigenvalue weighted by Gasteiger charge is -2.27. The number of carbonyl (C=O) groups excluding carboxylic acids is 3. The van der Waals surface area contributed by atoms with Crippen LogP contribution in [-0.4, -0.2) is 54.5 Å². The third kappa shape index (κ3) is 6.87. The second-order valence-corrected chi connectivity index (χ2v) is 10.5. The predicted octanol–water partition coefficient (Wildman–Crippen LogP) is 3.64. The molecular formula is C32H36N4O4. The molecule has 2 atom stereocenters. The van der Waals surface area contributed by atoms with Crippen molar-refractivity contribution in [1.82, 2.24) is 20.9 Å². The zero-order chi connectivity index (χ0) is 27.9. The third-order valence-electron chi connectivity index (χ3n) is 7.57. The number of hydrogen-bond acceptors (Lipinski definition) is 5. The van der Waals surface area contributed by atoms with Gasteiger partial charge in [-0.3, -0.25) is 14.4 Å². The molecule has 2 unspecified atom stereocenters. The Balaban J connectivity index is 1.36. The second-order valence-electron chi connectivity index (χ2n) is 10.5. The Hall–Kier alpha value is -4.17. The minimum absolute atomic E-state index is 0.0332. The fourth-order valence-electron chi connectivity index (χ4n) is 5.42. The van der Waals surface area contributed by atoms with Crippen molar-refractivity contribution in [3.05, 3.63) is 84.1 Å². The van der Waals surface area contributed by atoms with E-state index in [-0.39, 0.29) is 24.3 Å². The first-order chi connectivity index (χ1) is 19.5. The van der Waals surface area contributed by atoms with Gasteiger partial charge in [-0.1, -0.05) is 60.7 Å². The van der Waals surface area contributed by atoms with Crippen molar-refractivity contribution in [2.75, 3.05) is 19.7 Å². The van der Waals surface area contributed by atoms with E-state index in [9.17, 15) is 14.4 Å². The second kappa shape index (κ2) is 12.8. The minimum atomic E-state index is -0.772. The summed E-state index contributed by atoms with van der Waals surface area (Å²) in [7, 11) is 0. The number of rotatable bonds is 10. The summed E-state index contributed by atoms with van der Waals surface area (Å²) < 4.78 is 5.33. The molecular weight excluding hydrogens is 504 g/mol. The highest BCUT2D eigenvalue weighted by atomic mass is 16.5. The van der Waals surface area contributed by atoms with Crippen molar-refractivity contribution in [2.24, 2.45) is 5.92 Å². The molecule has 5 rings (SSSR count). The molecule has 8 heteroatoms. The largest absolute Gasteiger partial charge is 0.464 e. The van der Waals surface area contributed by atoms with Gasteiger partial charge in [0, 0.05) is 36.4 Å². The van der Waals surface area contributed by atoms with Crippen LogP contribution in [0.25, 0.3) is 21.7 Å². The number of ether oxygens (including phenoxy) is 1. The first-order valence-electron chi connectivity index (χ1n) is 13.9. The van der Waals surface area contributed by atoms with E-state index in [4.69, 9.17) is 4.74 Å². The van der Waals surface area contributed by atoms with Crippen LogP contribution in [0.3, 0.4) is 0 Å². The fraction of sp³-hybridized carbons (Fsp3) is 0.344. The SMILES string of the molecule is CC(=O)OCC(Cc1c[nH]c2ccccc12)NC(=O)C(Cc1ccc2ccccc2c1)NC(=O)C1CCNCC1. The highest BCUT2D eigenvalue weighted by Gasteiger charge is 2.29. The molecule has 208 valence electrons. The molecule has 8 nitrogen and oxygen atoms in total. The number of amides is 2. The van der Waals surface area contributed by atoms with E-state index in [1.807, 2.05) is 66.9 Å². The van der Waals surface area contributed by atoms with Gasteiger partial charge in [0.25, 0.3) is 0 Å². The summed E-state index contributed by atoms with van der Waals surface area (Å²) in [6.07, 6.45) is 4.22. The quantitative estimate of drug-likeness (QED) is 0.230. The molecule has 0 aliphatic carbocycles. The summed E-state index contributed by atoms with van der Waals surface area (Å²) in [5, 5.41) is 12.7. The van der Waals surface area contributed by atoms with E-state index in [0.29, 0.717) is 12.8 Å². The van der Waals surface area contributed by atoms with Gasteiger partial charge >= 0.3 is 5.97 Å². The summed E-state index contributed by atoms with van der Waals surface area (Å²) in [5.41, 5.74) is 2.97. The van der Waals surface area contributed by atoms with Crippen molar-refractivity contribution in [3.8, 4) is 0 Å². The average molecular weight is 541 g/mol. The van der Waals surface area contributed by atoms with Crippen LogP contribution in [0.5, 0.6) is 0 Å². The lowest BCUT2D eigenvalue weighted by atomic mass is 9.95. The van der Waals surface area contributed by atoms with Crippen LogP contribution in [0.1, 0.15) is 30.9 Å². The number of aromatic amines is 1. The van der Waals surface area contributed by atoms with Gasteiger partial charge in [-0.25, -0.2) is 0 Å². The molecule has 1 saturated heterocycles. The first-order valence-corrected chi connectivity index (χ1v) is 13.9. The Morgan fingerprint density at radius 2 is 1.68 bits per heavy atom. The molecule has 1 fully saturated rings. The fourth-order valence-corrected chi connectivity index (χ4v) is 5.42. The molecule has 0 bridgehead atoms. The standard InChI is InChI=1S/C32H36N4O4/c1-21(37)40-20-27(18-26-19-34-29-9-5-4-8-28(26)29)35-32(39)30(36-31(38)24-12-14-33-15-13-24)17-22-10-11-23-6-2-3-7-25(23)16-22/h2-11,16,19,24,27,30,33-34H,12-15,17-18,20H2,1H3,(H,35,39)(H,36,38). The summed E-state index contributed by atoms with van der Waals surface area (Å²) in [5.74, 6) is -0.940. The van der Waals surface area contributed by atoms with Crippen LogP contribution < -0.4 is 16.0 Å². The Bertz CT molecular complexity index is 1490. The Kier molecular flexibility index (Phi) is 8.76. The number of nitrogens with one attached hydrogen (secondary N) is 4. The molecule has 4 aromatic rings. The van der Waals surface area contributed by atoms with E-state index in [1.54, 1.807) is 0 Å². The molecule has 2 heterocycles. The number of hydrogen-bond donors (Lipinski definition) is 4. The van der Waals surface area contributed by atoms with Gasteiger partial charge in [-0.15, -0.1) is 0 Å². The first kappa shape index (κ1) is 27.4. The molecule has 40 heavy (non-hydrogen) atoms. The smallest absolute Gasteiger partial charge is 0.302 e. The summed E-state index contributed by atoms with van der Waals surface area (Å²) in [6, 6.07) is 20.9. The number of H-pyrrole nitrogens is 1. The number of piperidine rings is 1. The zero-order valence-electron chi connectivity index (χ0n) is 22.7. The molecule has 4 N–H and O–H groups in total. The average Bonchev–Trinajstić information content (AvgIpc) is 3.38. The van der Waals surface area contributed by atoms with Crippen LogP contribution in [0.2, 0.25) is 0 Å². The zero-order valence-corrected chi connectivity index (χ0v) is 22.7. The third-order valence-corrected chi connectivity index (χ3v) is 7.57. The van der Waals surface area contributed by atoms with E-state index < -0.39 is 18.1 Å². The lowest BCUT2D eigenvalue weighted by molar-refractivity contribution is -0.142. The summed E-state index contributed by atoms with van der Waals surface area (Å²) >= 11 is 0. The molecule has 3 aromatic carbocycles.